The first-order chi connectivity index (χ1) is 14.0. The van der Waals surface area contributed by atoms with Gasteiger partial charge in [0.05, 0.1) is 11.4 Å². The monoisotopic (exact) mass is 391 g/mol. The lowest BCUT2D eigenvalue weighted by atomic mass is 10.2. The van der Waals surface area contributed by atoms with Gasteiger partial charge in [-0.3, -0.25) is 14.3 Å². The molecule has 0 atom stereocenters. The molecular formula is C22H18FN3O3. The number of nitrogens with one attached hydrogen (secondary N) is 1. The van der Waals surface area contributed by atoms with Crippen molar-refractivity contribution in [2.24, 2.45) is 7.05 Å². The summed E-state index contributed by atoms with van der Waals surface area (Å²) >= 11 is 0. The van der Waals surface area contributed by atoms with Crippen molar-refractivity contribution in [2.75, 3.05) is 5.32 Å². The molecule has 0 aliphatic rings. The average molecular weight is 391 g/mol. The number of rotatable bonds is 4. The summed E-state index contributed by atoms with van der Waals surface area (Å²) in [6.07, 6.45) is 0. The smallest absolute Gasteiger partial charge is 0.295 e. The van der Waals surface area contributed by atoms with Crippen LogP contribution >= 0.6 is 0 Å². The minimum atomic E-state index is -0.538. The van der Waals surface area contributed by atoms with Gasteiger partial charge in [-0.05, 0) is 55.5 Å². The summed E-state index contributed by atoms with van der Waals surface area (Å²) in [5.41, 5.74) is 1.79. The highest BCUT2D eigenvalue weighted by Crippen LogP contribution is 2.23. The lowest BCUT2D eigenvalue weighted by Crippen LogP contribution is -2.22. The van der Waals surface area contributed by atoms with E-state index in [0.29, 0.717) is 22.7 Å². The number of furan rings is 1. The van der Waals surface area contributed by atoms with Crippen LogP contribution in [-0.4, -0.2) is 15.3 Å². The number of hydrogen-bond donors (Lipinski definition) is 1. The van der Waals surface area contributed by atoms with Gasteiger partial charge >= 0.3 is 0 Å². The summed E-state index contributed by atoms with van der Waals surface area (Å²) in [6.45, 7) is 1.75. The first-order valence-electron chi connectivity index (χ1n) is 8.97. The molecule has 0 saturated heterocycles. The van der Waals surface area contributed by atoms with Crippen molar-refractivity contribution in [3.05, 3.63) is 94.4 Å². The Balaban J connectivity index is 1.63. The van der Waals surface area contributed by atoms with Crippen LogP contribution < -0.4 is 10.9 Å². The van der Waals surface area contributed by atoms with Crippen molar-refractivity contribution in [1.29, 1.82) is 0 Å². The molecular weight excluding hydrogens is 373 g/mol. The number of carbonyl (C=O) groups is 1. The molecule has 0 fully saturated rings. The van der Waals surface area contributed by atoms with Crippen LogP contribution in [0.1, 0.15) is 16.2 Å². The molecule has 1 N–H and O–H groups in total. The molecule has 2 aromatic carbocycles. The van der Waals surface area contributed by atoms with E-state index in [1.54, 1.807) is 36.9 Å². The Morgan fingerprint density at radius 3 is 2.38 bits per heavy atom. The summed E-state index contributed by atoms with van der Waals surface area (Å²) in [7, 11) is 1.75. The average Bonchev–Trinajstić information content (AvgIpc) is 3.29. The van der Waals surface area contributed by atoms with Crippen LogP contribution in [0.15, 0.2) is 75.9 Å². The number of carbonyl (C=O) groups excluding carboxylic acids is 1. The number of anilines is 1. The van der Waals surface area contributed by atoms with Gasteiger partial charge in [0.15, 0.2) is 5.76 Å². The third kappa shape index (κ3) is 3.38. The second kappa shape index (κ2) is 7.27. The van der Waals surface area contributed by atoms with E-state index in [1.807, 2.05) is 30.3 Å². The summed E-state index contributed by atoms with van der Waals surface area (Å²) in [4.78, 5) is 25.5. The third-order valence-electron chi connectivity index (χ3n) is 4.75. The Labute approximate surface area is 165 Å². The second-order valence-electron chi connectivity index (χ2n) is 6.56. The summed E-state index contributed by atoms with van der Waals surface area (Å²) in [6, 6.07) is 18.1. The lowest BCUT2D eigenvalue weighted by Gasteiger charge is -2.07. The maximum absolute atomic E-state index is 13.1. The van der Waals surface area contributed by atoms with Crippen LogP contribution in [0.3, 0.4) is 0 Å². The number of nitrogens with zero attached hydrogens (tertiary/aromatic N) is 2. The predicted octanol–water partition coefficient (Wildman–Crippen LogP) is 4.14. The van der Waals surface area contributed by atoms with Gasteiger partial charge in [0, 0.05) is 12.6 Å². The van der Waals surface area contributed by atoms with Crippen molar-refractivity contribution in [2.45, 2.75) is 6.92 Å². The number of para-hydroxylation sites is 1. The molecule has 29 heavy (non-hydrogen) atoms. The van der Waals surface area contributed by atoms with Crippen molar-refractivity contribution in [1.82, 2.24) is 9.36 Å². The summed E-state index contributed by atoms with van der Waals surface area (Å²) in [5, 5.41) is 2.65. The first-order valence-corrected chi connectivity index (χ1v) is 8.97. The second-order valence-corrected chi connectivity index (χ2v) is 6.56. The van der Waals surface area contributed by atoms with Crippen LogP contribution in [0.2, 0.25) is 0 Å². The van der Waals surface area contributed by atoms with Crippen LogP contribution in [0.25, 0.3) is 17.0 Å². The summed E-state index contributed by atoms with van der Waals surface area (Å²) < 4.78 is 21.8. The van der Waals surface area contributed by atoms with Gasteiger partial charge in [-0.2, -0.15) is 0 Å². The normalized spacial score (nSPS) is 10.9. The number of amides is 1. The molecule has 4 aromatic rings. The molecule has 0 unspecified atom stereocenters. The highest BCUT2D eigenvalue weighted by Gasteiger charge is 2.20. The van der Waals surface area contributed by atoms with E-state index in [9.17, 15) is 14.0 Å². The molecule has 2 heterocycles. The van der Waals surface area contributed by atoms with Crippen LogP contribution in [0.5, 0.6) is 0 Å². The molecule has 146 valence electrons. The fraction of sp³-hybridized carbons (Fsp3) is 0.0909. The largest absolute Gasteiger partial charge is 0.451 e. The molecule has 6 nitrogen and oxygen atoms in total. The van der Waals surface area contributed by atoms with E-state index in [2.05, 4.69) is 5.32 Å². The Morgan fingerprint density at radius 1 is 1.00 bits per heavy atom. The lowest BCUT2D eigenvalue weighted by molar-refractivity contribution is 0.0997. The fourth-order valence-electron chi connectivity index (χ4n) is 3.12. The van der Waals surface area contributed by atoms with E-state index in [0.717, 1.165) is 0 Å². The molecule has 7 heteroatoms. The number of benzene rings is 2. The first kappa shape index (κ1) is 18.5. The fourth-order valence-corrected chi connectivity index (χ4v) is 3.12. The highest BCUT2D eigenvalue weighted by molar-refractivity contribution is 6.02. The topological polar surface area (TPSA) is 69.2 Å². The quantitative estimate of drug-likeness (QED) is 0.569. The number of aromatic nitrogens is 2. The molecule has 0 saturated carbocycles. The molecule has 0 bridgehead atoms. The molecule has 0 radical (unpaired) electrons. The summed E-state index contributed by atoms with van der Waals surface area (Å²) in [5.74, 6) is -0.406. The maximum atomic E-state index is 13.1. The molecule has 2 aromatic heterocycles. The predicted molar refractivity (Wildman–Crippen MR) is 108 cm³/mol. The Morgan fingerprint density at radius 2 is 1.69 bits per heavy atom. The zero-order chi connectivity index (χ0) is 20.5. The highest BCUT2D eigenvalue weighted by atomic mass is 19.1. The molecule has 4 rings (SSSR count). The van der Waals surface area contributed by atoms with Crippen molar-refractivity contribution >= 4 is 11.6 Å². The Hall–Kier alpha value is -3.87. The Bertz CT molecular complexity index is 1230. The minimum Gasteiger partial charge on any atom is -0.451 e. The van der Waals surface area contributed by atoms with E-state index >= 15 is 0 Å². The van der Waals surface area contributed by atoms with Gasteiger partial charge in [-0.15, -0.1) is 0 Å². The van der Waals surface area contributed by atoms with Crippen molar-refractivity contribution in [3.63, 3.8) is 0 Å². The molecule has 1 amide bonds. The van der Waals surface area contributed by atoms with E-state index < -0.39 is 5.91 Å². The van der Waals surface area contributed by atoms with Gasteiger partial charge in [0.1, 0.15) is 17.3 Å². The third-order valence-corrected chi connectivity index (χ3v) is 4.75. The van der Waals surface area contributed by atoms with Crippen LogP contribution in [0.4, 0.5) is 10.1 Å². The standard InChI is InChI=1S/C22H18FN3O3/c1-14-20(22(28)26(25(14)2)17-6-4-3-5-7-17)24-21(27)19-13-12-18(29-19)15-8-10-16(23)11-9-15/h3-13H,1-2H3,(H,24,27). The van der Waals surface area contributed by atoms with Crippen LogP contribution in [0, 0.1) is 12.7 Å². The van der Waals surface area contributed by atoms with Crippen molar-refractivity contribution < 1.29 is 13.6 Å². The Kier molecular flexibility index (Phi) is 4.64. The van der Waals surface area contributed by atoms with Gasteiger partial charge < -0.3 is 9.73 Å². The van der Waals surface area contributed by atoms with Gasteiger partial charge in [-0.25, -0.2) is 9.07 Å². The van der Waals surface area contributed by atoms with Gasteiger partial charge in [0.25, 0.3) is 11.5 Å². The van der Waals surface area contributed by atoms with Crippen molar-refractivity contribution in [3.8, 4) is 17.0 Å². The van der Waals surface area contributed by atoms with E-state index in [4.69, 9.17) is 4.42 Å². The van der Waals surface area contributed by atoms with E-state index in [1.165, 1.54) is 22.9 Å². The molecule has 0 aliphatic heterocycles. The number of halogens is 1. The maximum Gasteiger partial charge on any atom is 0.295 e. The van der Waals surface area contributed by atoms with Gasteiger partial charge in [-0.1, -0.05) is 18.2 Å². The van der Waals surface area contributed by atoms with Gasteiger partial charge in [0.2, 0.25) is 0 Å². The van der Waals surface area contributed by atoms with Crippen LogP contribution in [-0.2, 0) is 7.05 Å². The molecule has 0 aliphatic carbocycles. The zero-order valence-corrected chi connectivity index (χ0v) is 15.8. The SMILES string of the molecule is Cc1c(NC(=O)c2ccc(-c3ccc(F)cc3)o2)c(=O)n(-c2ccccc2)n1C. The molecule has 0 spiro atoms. The number of hydrogen-bond acceptors (Lipinski definition) is 3. The minimum absolute atomic E-state index is 0.0539. The zero-order valence-electron chi connectivity index (χ0n) is 15.8. The van der Waals surface area contributed by atoms with E-state index in [-0.39, 0.29) is 22.8 Å².